The molecule has 43 heavy (non-hydrogen) atoms. The molecule has 0 radical (unpaired) electrons. The van der Waals surface area contributed by atoms with E-state index in [-0.39, 0.29) is 69.7 Å². The molecule has 0 heterocycles. The quantitative estimate of drug-likeness (QED) is 0.0335. The highest BCUT2D eigenvalue weighted by molar-refractivity contribution is 5.87. The van der Waals surface area contributed by atoms with Crippen molar-refractivity contribution in [1.29, 1.82) is 0 Å². The Morgan fingerprint density at radius 3 is 1.09 bits per heavy atom. The fourth-order valence-electron chi connectivity index (χ4n) is 2.83. The van der Waals surface area contributed by atoms with Crippen LogP contribution in [0.3, 0.4) is 0 Å². The number of carbonyl (C=O) groups is 5. The van der Waals surface area contributed by atoms with Crippen LogP contribution in [0.25, 0.3) is 0 Å². The Hall–Kier alpha value is -4.53. The van der Waals surface area contributed by atoms with E-state index in [4.69, 9.17) is 14.2 Å². The van der Waals surface area contributed by atoms with Crippen LogP contribution in [0.2, 0.25) is 0 Å². The van der Waals surface area contributed by atoms with Gasteiger partial charge in [0.05, 0.1) is 19.6 Å². The molecular weight excluding hydrogens is 562 g/mol. The predicted octanol–water partition coefficient (Wildman–Crippen LogP) is 0.531. The second-order valence-corrected chi connectivity index (χ2v) is 9.27. The smallest absolute Gasteiger partial charge is 0.333 e. The van der Waals surface area contributed by atoms with E-state index in [1.807, 2.05) is 4.90 Å². The van der Waals surface area contributed by atoms with Crippen LogP contribution in [0.1, 0.15) is 20.8 Å². The number of rotatable bonds is 22. The number of amides is 6. The normalized spacial score (nSPS) is 10.0. The molecule has 0 saturated heterocycles. The van der Waals surface area contributed by atoms with Gasteiger partial charge in [-0.2, -0.15) is 0 Å². The van der Waals surface area contributed by atoms with Crippen molar-refractivity contribution >= 4 is 30.0 Å². The van der Waals surface area contributed by atoms with Crippen LogP contribution in [0.4, 0.5) is 14.4 Å². The van der Waals surface area contributed by atoms with Gasteiger partial charge in [-0.05, 0) is 26.3 Å². The van der Waals surface area contributed by atoms with E-state index in [0.717, 1.165) is 0 Å². The van der Waals surface area contributed by atoms with E-state index in [2.05, 4.69) is 58.2 Å². The zero-order chi connectivity index (χ0) is 32.6. The maximum Gasteiger partial charge on any atom is 0.333 e. The van der Waals surface area contributed by atoms with Gasteiger partial charge < -0.3 is 46.1 Å². The largest absolute Gasteiger partial charge is 0.492 e. The standard InChI is InChI=1S/C28H47N7O8/c1-20(2)23(7)41-17-11-32-26(38)29-8-14-35(15-9-30-27(39)33-12-18-42-24(36)21(3)4)16-10-31-28(40)34-13-19-43-25(37)22(5)6/h1,3,5,7-19H2,2,4,6H3,(H2,29,32,38)(H2,30,33,39)(H2,31,34,40). The van der Waals surface area contributed by atoms with Gasteiger partial charge in [0.2, 0.25) is 0 Å². The topological polar surface area (TPSA) is 188 Å². The Balaban J connectivity index is 4.53. The maximum absolute atomic E-state index is 12.1. The molecule has 0 spiro atoms. The minimum absolute atomic E-state index is 0.0117. The van der Waals surface area contributed by atoms with Crippen molar-refractivity contribution in [2.75, 3.05) is 78.7 Å². The Morgan fingerprint density at radius 1 is 0.488 bits per heavy atom. The Morgan fingerprint density at radius 2 is 0.791 bits per heavy atom. The molecule has 0 fully saturated rings. The monoisotopic (exact) mass is 609 g/mol. The van der Waals surface area contributed by atoms with Gasteiger partial charge in [-0.1, -0.05) is 26.3 Å². The Bertz CT molecular complexity index is 876. The number of hydrogen-bond donors (Lipinski definition) is 6. The Labute approximate surface area is 253 Å². The van der Waals surface area contributed by atoms with Gasteiger partial charge in [-0.3, -0.25) is 4.90 Å². The zero-order valence-corrected chi connectivity index (χ0v) is 25.5. The molecular formula is C28H47N7O8. The van der Waals surface area contributed by atoms with Gasteiger partial charge >= 0.3 is 30.0 Å². The fraction of sp³-hybridized carbons (Fsp3) is 0.536. The van der Waals surface area contributed by atoms with E-state index >= 15 is 0 Å². The van der Waals surface area contributed by atoms with Gasteiger partial charge in [0.1, 0.15) is 25.6 Å². The average molecular weight is 610 g/mol. The summed E-state index contributed by atoms with van der Waals surface area (Å²) in [5.74, 6) is -0.605. The van der Waals surface area contributed by atoms with Crippen LogP contribution >= 0.6 is 0 Å². The fourth-order valence-corrected chi connectivity index (χ4v) is 2.83. The van der Waals surface area contributed by atoms with Crippen LogP contribution in [0.15, 0.2) is 48.8 Å². The van der Waals surface area contributed by atoms with Crippen molar-refractivity contribution in [1.82, 2.24) is 36.8 Å². The van der Waals surface area contributed by atoms with E-state index < -0.39 is 24.0 Å². The first-order valence-electron chi connectivity index (χ1n) is 13.7. The van der Waals surface area contributed by atoms with Crippen LogP contribution in [0, 0.1) is 0 Å². The lowest BCUT2D eigenvalue weighted by Gasteiger charge is -2.23. The summed E-state index contributed by atoms with van der Waals surface area (Å²) in [7, 11) is 0. The molecule has 0 atom stereocenters. The van der Waals surface area contributed by atoms with E-state index in [9.17, 15) is 24.0 Å². The molecule has 0 aromatic heterocycles. The second kappa shape index (κ2) is 23.1. The predicted molar refractivity (Wildman–Crippen MR) is 162 cm³/mol. The SMILES string of the molecule is C=C(C)C(=C)OCCNC(=O)NCCN(CCNC(=O)NCCOC(=O)C(=C)C)CCNC(=O)NCCOC(=O)C(=C)C. The van der Waals surface area contributed by atoms with Crippen LogP contribution in [0.5, 0.6) is 0 Å². The molecule has 0 aliphatic carbocycles. The van der Waals surface area contributed by atoms with Gasteiger partial charge in [0.15, 0.2) is 0 Å². The number of allylic oxidation sites excluding steroid dienone is 1. The minimum atomic E-state index is -0.532. The highest BCUT2D eigenvalue weighted by atomic mass is 16.5. The summed E-state index contributed by atoms with van der Waals surface area (Å²) in [5, 5.41) is 16.0. The summed E-state index contributed by atoms with van der Waals surface area (Å²) >= 11 is 0. The van der Waals surface area contributed by atoms with Crippen molar-refractivity contribution in [3.05, 3.63) is 48.8 Å². The molecule has 6 N–H and O–H groups in total. The molecule has 0 aromatic rings. The van der Waals surface area contributed by atoms with Crippen molar-refractivity contribution in [3.8, 4) is 0 Å². The zero-order valence-electron chi connectivity index (χ0n) is 25.5. The third-order valence-corrected chi connectivity index (χ3v) is 5.22. The molecule has 0 saturated carbocycles. The van der Waals surface area contributed by atoms with Crippen LogP contribution in [-0.2, 0) is 23.8 Å². The van der Waals surface area contributed by atoms with Crippen LogP contribution in [-0.4, -0.2) is 114 Å². The first kappa shape index (κ1) is 38.5. The summed E-state index contributed by atoms with van der Waals surface area (Å²) in [4.78, 5) is 60.8. The summed E-state index contributed by atoms with van der Waals surface area (Å²) in [5.41, 5.74) is 1.25. The molecule has 0 aliphatic rings. The molecule has 0 unspecified atom stereocenters. The summed E-state index contributed by atoms with van der Waals surface area (Å²) in [6.45, 7) is 22.1. The first-order chi connectivity index (χ1) is 20.3. The number of nitrogens with zero attached hydrogens (tertiary/aromatic N) is 1. The number of carbonyl (C=O) groups excluding carboxylic acids is 5. The number of nitrogens with one attached hydrogen (secondary N) is 6. The molecule has 0 rings (SSSR count). The van der Waals surface area contributed by atoms with Gasteiger partial charge in [0, 0.05) is 50.4 Å². The lowest BCUT2D eigenvalue weighted by Crippen LogP contribution is -2.47. The van der Waals surface area contributed by atoms with Gasteiger partial charge in [-0.25, -0.2) is 24.0 Å². The number of esters is 2. The lowest BCUT2D eigenvalue weighted by molar-refractivity contribution is -0.139. The number of urea groups is 3. The highest BCUT2D eigenvalue weighted by Crippen LogP contribution is 2.03. The molecule has 0 aromatic carbocycles. The molecule has 0 aliphatic heterocycles. The molecule has 15 nitrogen and oxygen atoms in total. The third kappa shape index (κ3) is 21.8. The van der Waals surface area contributed by atoms with Gasteiger partial charge in [0.25, 0.3) is 0 Å². The number of hydrogen-bond acceptors (Lipinski definition) is 9. The van der Waals surface area contributed by atoms with E-state index in [1.165, 1.54) is 13.8 Å². The third-order valence-electron chi connectivity index (χ3n) is 5.22. The second-order valence-electron chi connectivity index (χ2n) is 9.27. The Kier molecular flexibility index (Phi) is 20.6. The van der Waals surface area contributed by atoms with Crippen molar-refractivity contribution < 1.29 is 38.2 Å². The summed E-state index contributed by atoms with van der Waals surface area (Å²) in [6.07, 6.45) is 0. The van der Waals surface area contributed by atoms with Crippen molar-refractivity contribution in [2.45, 2.75) is 20.8 Å². The maximum atomic E-state index is 12.1. The van der Waals surface area contributed by atoms with E-state index in [1.54, 1.807) is 6.92 Å². The molecule has 242 valence electrons. The summed E-state index contributed by atoms with van der Waals surface area (Å²) < 4.78 is 15.2. The van der Waals surface area contributed by atoms with E-state index in [0.29, 0.717) is 37.5 Å². The molecule has 15 heteroatoms. The minimum Gasteiger partial charge on any atom is -0.492 e. The van der Waals surface area contributed by atoms with Crippen LogP contribution < -0.4 is 31.9 Å². The lowest BCUT2D eigenvalue weighted by atomic mass is 10.3. The average Bonchev–Trinajstić information content (AvgIpc) is 2.94. The van der Waals surface area contributed by atoms with Gasteiger partial charge in [-0.15, -0.1) is 0 Å². The summed E-state index contributed by atoms with van der Waals surface area (Å²) in [6, 6.07) is -1.25. The first-order valence-corrected chi connectivity index (χ1v) is 13.7. The highest BCUT2D eigenvalue weighted by Gasteiger charge is 2.10. The molecule has 0 bridgehead atoms. The number of ether oxygens (including phenoxy) is 3. The molecule has 6 amide bonds. The van der Waals surface area contributed by atoms with Crippen molar-refractivity contribution in [2.24, 2.45) is 0 Å². The van der Waals surface area contributed by atoms with Crippen molar-refractivity contribution in [3.63, 3.8) is 0 Å².